The molecule has 3 aliphatic rings. The van der Waals surface area contributed by atoms with E-state index in [1.807, 2.05) is 127 Å². The highest BCUT2D eigenvalue weighted by atomic mass is 32.2. The van der Waals surface area contributed by atoms with Gasteiger partial charge in [-0.25, -0.2) is 51.6 Å². The van der Waals surface area contributed by atoms with Gasteiger partial charge in [0.2, 0.25) is 0 Å². The van der Waals surface area contributed by atoms with Crippen LogP contribution >= 0.6 is 0 Å². The van der Waals surface area contributed by atoms with Crippen LogP contribution < -0.4 is 14.2 Å². The normalized spacial score (nSPS) is 22.8. The molecule has 0 bridgehead atoms. The van der Waals surface area contributed by atoms with E-state index < -0.39 is 182 Å². The van der Waals surface area contributed by atoms with Crippen molar-refractivity contribution in [3.05, 3.63) is 253 Å². The molecular weight excluding hydrogens is 1750 g/mol. The molecule has 12 unspecified atom stereocenters. The first-order chi connectivity index (χ1) is 57.1. The zero-order chi connectivity index (χ0) is 90.7. The molecule has 3 heterocycles. The lowest BCUT2D eigenvalue weighted by atomic mass is 9.84. The molecule has 12 rings (SSSR count). The van der Waals surface area contributed by atoms with E-state index in [2.05, 4.69) is 0 Å². The molecule has 666 valence electrons. The van der Waals surface area contributed by atoms with E-state index in [1.54, 1.807) is 135 Å². The zero-order valence-corrected chi connectivity index (χ0v) is 73.1. The maximum atomic E-state index is 14.6. The maximum Gasteiger partial charge on any atom is 0.369 e. The van der Waals surface area contributed by atoms with Gasteiger partial charge in [0, 0.05) is 16.7 Å². The highest BCUT2D eigenvalue weighted by molar-refractivity contribution is 7.97. The average molecular weight is 1840 g/mol. The van der Waals surface area contributed by atoms with E-state index in [-0.39, 0.29) is 23.7 Å². The van der Waals surface area contributed by atoms with Crippen molar-refractivity contribution in [2.75, 3.05) is 19.8 Å². The zero-order valence-electron chi connectivity index (χ0n) is 68.2. The van der Waals surface area contributed by atoms with Gasteiger partial charge in [0.05, 0.1) is 32.7 Å². The highest BCUT2D eigenvalue weighted by Gasteiger charge is 2.58. The van der Waals surface area contributed by atoms with E-state index in [9.17, 15) is 91.6 Å². The maximum absolute atomic E-state index is 14.6. The molecule has 123 heavy (non-hydrogen) atoms. The Morgan fingerprint density at radius 3 is 0.854 bits per heavy atom. The fraction of sp³-hybridized carbons (Fsp3) is 0.379. The first kappa shape index (κ1) is 97.3. The van der Waals surface area contributed by atoms with Gasteiger partial charge in [-0.05, 0) is 241 Å². The molecule has 0 aliphatic carbocycles. The molecule has 9 aromatic rings. The van der Waals surface area contributed by atoms with Gasteiger partial charge < -0.3 is 56.3 Å². The molecular formula is C87H90F12O18S6. The second-order valence-corrected chi connectivity index (χ2v) is 41.3. The summed E-state index contributed by atoms with van der Waals surface area (Å²) < 4.78 is 317. The van der Waals surface area contributed by atoms with Crippen LogP contribution in [0.1, 0.15) is 106 Å². The number of rotatable bonds is 26. The number of ether oxygens (including phenoxy) is 9. The minimum atomic E-state index is -5.91. The Morgan fingerprint density at radius 1 is 0.366 bits per heavy atom. The molecule has 0 saturated carbocycles. The van der Waals surface area contributed by atoms with Gasteiger partial charge in [-0.3, -0.25) is 0 Å². The summed E-state index contributed by atoms with van der Waals surface area (Å²) >= 11 is 0. The summed E-state index contributed by atoms with van der Waals surface area (Å²) in [6.45, 7) is 15.0. The van der Waals surface area contributed by atoms with Crippen molar-refractivity contribution in [2.24, 2.45) is 11.3 Å². The van der Waals surface area contributed by atoms with Gasteiger partial charge in [0.15, 0.2) is 110 Å². The van der Waals surface area contributed by atoms with Crippen LogP contribution in [0.2, 0.25) is 0 Å². The number of benzene rings is 9. The smallest absolute Gasteiger partial charge is 0.369 e. The number of alkyl halides is 12. The quantitative estimate of drug-likeness (QED) is 0.0277. The standard InChI is InChI=1S/C30H32F4O6S2.C29H30F4O6S2.C28H28F4O6S2/c1-20(30(33,34)42(35,36)37)39-22-13-17-25(18-14-22)41(23-9-7-6-8-10-23)24-15-11-21(12-16-24)28(5)38-19-29(31,32)26(40-28)27(2,3)4;1-19(2)26-28(30,31)18-37-27(4,39-26)21-10-14-24(15-11-21)40(23-8-6-5-7-9-23)25-16-12-22(13-17-25)38-20(3)29(32,33)41(34,35)36;1-4-25-27(29,30)18-36-26(3,38-25)20-10-14-23(15-11-20)39(22-8-6-5-7-9-22)24-16-12-21(13-17-24)37-19(2)28(31,32)40(33,34)35/h6-18,20,26H,19H2,1-5H3;5-17,19-20,26H,18H2,1-4H3;5-17,19,25H,4,18H2,1-3H3. The Balaban J connectivity index is 0.000000193. The second-order valence-electron chi connectivity index (χ2n) is 30.8. The van der Waals surface area contributed by atoms with Crippen molar-refractivity contribution in [2.45, 2.75) is 221 Å². The number of hydrogen-bond donors (Lipinski definition) is 0. The van der Waals surface area contributed by atoms with Crippen molar-refractivity contribution in [1.82, 2.24) is 0 Å². The van der Waals surface area contributed by atoms with E-state index >= 15 is 0 Å². The first-order valence-corrected chi connectivity index (χ1v) is 46.1. The largest absolute Gasteiger partial charge is 0.743 e. The monoisotopic (exact) mass is 1840 g/mol. The SMILES string of the molecule is CC(C)C1OC(C)(c2ccc([S+](c3ccccc3)c3ccc(OC(C)C(F)(F)S(=O)(=O)[O-])cc3)cc2)OCC1(F)F.CC(Oc1ccc([S+](c2ccccc2)c2ccc(C3(C)OCC(F)(F)C(C(C)(C)C)O3)cc2)cc1)C(F)(F)S(=O)(=O)[O-].CCC1OC(C)(c2ccc([S+](c3ccccc3)c3ccc(OC(C)C(F)(F)S(=O)(=O)[O-])cc3)cc2)OCC1(F)F. The summed E-state index contributed by atoms with van der Waals surface area (Å²) in [6, 6.07) is 68.8. The third-order valence-electron chi connectivity index (χ3n) is 20.0. The lowest BCUT2D eigenvalue weighted by molar-refractivity contribution is -0.377. The van der Waals surface area contributed by atoms with Crippen molar-refractivity contribution >= 4 is 63.0 Å². The van der Waals surface area contributed by atoms with Crippen LogP contribution in [0, 0.1) is 11.3 Å². The minimum Gasteiger partial charge on any atom is -0.743 e. The molecule has 9 aromatic carbocycles. The van der Waals surface area contributed by atoms with Crippen LogP contribution in [-0.4, -0.2) is 129 Å². The van der Waals surface area contributed by atoms with Crippen molar-refractivity contribution in [3.8, 4) is 17.2 Å². The van der Waals surface area contributed by atoms with Crippen LogP contribution in [0.25, 0.3) is 0 Å². The van der Waals surface area contributed by atoms with E-state index in [1.165, 1.54) is 36.4 Å². The summed E-state index contributed by atoms with van der Waals surface area (Å²) in [5, 5.41) is -13.8. The fourth-order valence-corrected chi connectivity index (χ4v) is 20.8. The van der Waals surface area contributed by atoms with Crippen molar-refractivity contribution in [3.63, 3.8) is 0 Å². The minimum absolute atomic E-state index is 0.0339. The Bertz CT molecular complexity index is 5380. The molecule has 3 aliphatic heterocycles. The fourth-order valence-electron chi connectivity index (χ4n) is 13.3. The van der Waals surface area contributed by atoms with Gasteiger partial charge in [-0.2, -0.15) is 26.3 Å². The van der Waals surface area contributed by atoms with Gasteiger partial charge in [-0.1, -0.05) is 96.1 Å². The summed E-state index contributed by atoms with van der Waals surface area (Å²) in [5.41, 5.74) is 0.889. The molecule has 3 saturated heterocycles. The molecule has 0 N–H and O–H groups in total. The number of halogens is 12. The Hall–Kier alpha value is -7.92. The van der Waals surface area contributed by atoms with Gasteiger partial charge in [0.25, 0.3) is 17.8 Å². The molecule has 18 nitrogen and oxygen atoms in total. The molecule has 0 amide bonds. The molecule has 0 aromatic heterocycles. The van der Waals surface area contributed by atoms with Crippen molar-refractivity contribution < 1.29 is 134 Å². The Kier molecular flexibility index (Phi) is 29.7. The highest BCUT2D eigenvalue weighted by Crippen LogP contribution is 2.49. The molecule has 0 spiro atoms. The molecule has 36 heteroatoms. The summed E-state index contributed by atoms with van der Waals surface area (Å²) in [7, 11) is -19.7. The van der Waals surface area contributed by atoms with Gasteiger partial charge in [0.1, 0.15) is 55.4 Å². The third kappa shape index (κ3) is 22.4. The van der Waals surface area contributed by atoms with Crippen molar-refractivity contribution in [1.29, 1.82) is 0 Å². The van der Waals surface area contributed by atoms with Crippen LogP contribution in [-0.2, 0) is 109 Å². The lowest BCUT2D eigenvalue weighted by Crippen LogP contribution is -2.57. The third-order valence-corrected chi connectivity index (χ3v) is 29.7. The Morgan fingerprint density at radius 2 is 0.602 bits per heavy atom. The predicted octanol–water partition coefficient (Wildman–Crippen LogP) is 19.8. The number of hydrogen-bond acceptors (Lipinski definition) is 18. The predicted molar refractivity (Wildman–Crippen MR) is 433 cm³/mol. The summed E-state index contributed by atoms with van der Waals surface area (Å²) in [6.07, 6.45) is -10.4. The first-order valence-electron chi connectivity index (χ1n) is 38.2. The van der Waals surface area contributed by atoms with Crippen LogP contribution in [0.3, 0.4) is 0 Å². The van der Waals surface area contributed by atoms with Gasteiger partial charge >= 0.3 is 15.8 Å². The van der Waals surface area contributed by atoms with E-state index in [4.69, 9.17) is 42.6 Å². The summed E-state index contributed by atoms with van der Waals surface area (Å²) in [4.78, 5) is 7.83. The summed E-state index contributed by atoms with van der Waals surface area (Å²) in [5.74, 6) is -14.0. The second kappa shape index (κ2) is 37.6. The topological polar surface area (TPSA) is 255 Å². The van der Waals surface area contributed by atoms with Gasteiger partial charge in [-0.15, -0.1) is 0 Å². The van der Waals surface area contributed by atoms with Crippen LogP contribution in [0.15, 0.2) is 281 Å². The van der Waals surface area contributed by atoms with E-state index in [0.29, 0.717) is 16.7 Å². The molecule has 3 fully saturated rings. The lowest BCUT2D eigenvalue weighted by Gasteiger charge is -2.47. The van der Waals surface area contributed by atoms with E-state index in [0.717, 1.165) is 64.8 Å². The average Bonchev–Trinajstić information content (AvgIpc) is 0.753. The molecule has 0 radical (unpaired) electrons. The van der Waals surface area contributed by atoms with Crippen LogP contribution in [0.5, 0.6) is 17.2 Å². The molecule has 12 atom stereocenters. The van der Waals surface area contributed by atoms with Crippen LogP contribution in [0.4, 0.5) is 52.7 Å². The Labute approximate surface area is 715 Å².